The Morgan fingerprint density at radius 2 is 2.30 bits per heavy atom. The van der Waals surface area contributed by atoms with Crippen molar-refractivity contribution < 1.29 is 9.90 Å². The van der Waals surface area contributed by atoms with E-state index in [1.807, 2.05) is 24.5 Å². The van der Waals surface area contributed by atoms with Crippen LogP contribution >= 0.6 is 11.8 Å². The smallest absolute Gasteiger partial charge is 0.308 e. The maximum absolute atomic E-state index is 11.4. The van der Waals surface area contributed by atoms with Crippen molar-refractivity contribution in [1.29, 1.82) is 5.26 Å². The molecule has 1 aromatic carbocycles. The van der Waals surface area contributed by atoms with Crippen molar-refractivity contribution in [3.05, 3.63) is 23.8 Å². The molecule has 3 atom stereocenters. The highest BCUT2D eigenvalue weighted by atomic mass is 32.2. The van der Waals surface area contributed by atoms with Crippen LogP contribution in [0.1, 0.15) is 24.8 Å². The van der Waals surface area contributed by atoms with Crippen molar-refractivity contribution in [2.24, 2.45) is 5.92 Å². The summed E-state index contributed by atoms with van der Waals surface area (Å²) in [6.07, 6.45) is 4.60. The van der Waals surface area contributed by atoms with Crippen LogP contribution in [0.3, 0.4) is 0 Å². The topological polar surface area (TPSA) is 64.3 Å². The van der Waals surface area contributed by atoms with E-state index in [9.17, 15) is 15.2 Å². The van der Waals surface area contributed by atoms with Gasteiger partial charge in [0.2, 0.25) is 0 Å². The van der Waals surface area contributed by atoms with Crippen molar-refractivity contribution >= 4 is 23.4 Å². The highest BCUT2D eigenvalue weighted by molar-refractivity contribution is 7.98. The van der Waals surface area contributed by atoms with Gasteiger partial charge in [0.1, 0.15) is 6.07 Å². The molecule has 0 spiro atoms. The van der Waals surface area contributed by atoms with Gasteiger partial charge in [-0.1, -0.05) is 6.07 Å². The van der Waals surface area contributed by atoms with Crippen LogP contribution in [0.15, 0.2) is 23.1 Å². The minimum absolute atomic E-state index is 0.0432. The third-order valence-electron chi connectivity index (χ3n) is 4.47. The molecule has 2 aliphatic rings. The number of fused-ring (bicyclic) bond motifs is 2. The molecule has 3 unspecified atom stereocenters. The van der Waals surface area contributed by atoms with E-state index >= 15 is 0 Å². The van der Waals surface area contributed by atoms with Crippen LogP contribution in [0.5, 0.6) is 0 Å². The second kappa shape index (κ2) is 5.02. The van der Waals surface area contributed by atoms with Gasteiger partial charge in [0.25, 0.3) is 0 Å². The van der Waals surface area contributed by atoms with Gasteiger partial charge in [-0.05, 0) is 37.7 Å². The normalized spacial score (nSPS) is 27.6. The molecule has 2 fully saturated rings. The van der Waals surface area contributed by atoms with Gasteiger partial charge in [0, 0.05) is 17.0 Å². The molecule has 2 heterocycles. The fourth-order valence-corrected chi connectivity index (χ4v) is 4.22. The highest BCUT2D eigenvalue weighted by Gasteiger charge is 2.49. The van der Waals surface area contributed by atoms with E-state index in [0.717, 1.165) is 23.4 Å². The molecule has 2 saturated heterocycles. The van der Waals surface area contributed by atoms with Gasteiger partial charge in [0.15, 0.2) is 0 Å². The van der Waals surface area contributed by atoms with E-state index < -0.39 is 5.97 Å². The summed E-state index contributed by atoms with van der Waals surface area (Å²) < 4.78 is 0. The number of rotatable bonds is 3. The number of nitriles is 1. The molecule has 1 aromatic rings. The van der Waals surface area contributed by atoms with Crippen molar-refractivity contribution in [3.63, 3.8) is 0 Å². The number of anilines is 1. The first-order valence-electron chi connectivity index (χ1n) is 6.75. The van der Waals surface area contributed by atoms with Crippen molar-refractivity contribution in [3.8, 4) is 6.07 Å². The molecule has 0 aliphatic carbocycles. The second-order valence-electron chi connectivity index (χ2n) is 5.35. The number of nitrogens with zero attached hydrogens (tertiary/aromatic N) is 2. The predicted molar refractivity (Wildman–Crippen MR) is 78.0 cm³/mol. The van der Waals surface area contributed by atoms with Crippen LogP contribution in [0, 0.1) is 17.2 Å². The Bertz CT molecular complexity index is 596. The van der Waals surface area contributed by atoms with Gasteiger partial charge in [0.05, 0.1) is 17.2 Å². The molecule has 104 valence electrons. The predicted octanol–water partition coefficient (Wildman–Crippen LogP) is 2.72. The fourth-order valence-electron chi connectivity index (χ4n) is 3.65. The SMILES string of the molecule is CSc1cccc(N2C3CCC2C(C(=O)O)C3)c1C#N. The maximum atomic E-state index is 11.4. The van der Waals surface area contributed by atoms with Crippen molar-refractivity contribution in [1.82, 2.24) is 0 Å². The standard InChI is InChI=1S/C15H16N2O2S/c1-20-14-4-2-3-12(11(14)8-16)17-9-5-6-13(17)10(7-9)15(18)19/h2-4,9-10,13H,5-7H2,1H3,(H,18,19). The minimum atomic E-state index is -0.707. The third-order valence-corrected chi connectivity index (χ3v) is 5.25. The molecule has 5 heteroatoms. The first-order valence-corrected chi connectivity index (χ1v) is 7.98. The summed E-state index contributed by atoms with van der Waals surface area (Å²) in [6.45, 7) is 0. The second-order valence-corrected chi connectivity index (χ2v) is 6.20. The first-order chi connectivity index (χ1) is 9.67. The summed E-state index contributed by atoms with van der Waals surface area (Å²) in [5.74, 6) is -1.00. The van der Waals surface area contributed by atoms with E-state index in [1.165, 1.54) is 0 Å². The van der Waals surface area contributed by atoms with Gasteiger partial charge < -0.3 is 10.0 Å². The number of hydrogen-bond acceptors (Lipinski definition) is 4. The van der Waals surface area contributed by atoms with Gasteiger partial charge >= 0.3 is 5.97 Å². The molecule has 4 nitrogen and oxygen atoms in total. The van der Waals surface area contributed by atoms with Crippen molar-refractivity contribution in [2.45, 2.75) is 36.2 Å². The summed E-state index contributed by atoms with van der Waals surface area (Å²) in [6, 6.07) is 8.46. The highest BCUT2D eigenvalue weighted by Crippen LogP contribution is 2.46. The molecule has 0 radical (unpaired) electrons. The Balaban J connectivity index is 2.03. The van der Waals surface area contributed by atoms with E-state index in [-0.39, 0.29) is 18.0 Å². The van der Waals surface area contributed by atoms with Crippen LogP contribution in [0.2, 0.25) is 0 Å². The number of carboxylic acid groups (broad SMARTS) is 1. The number of hydrogen-bond donors (Lipinski definition) is 1. The minimum Gasteiger partial charge on any atom is -0.481 e. The molecule has 20 heavy (non-hydrogen) atoms. The molecule has 3 rings (SSSR count). The van der Waals surface area contributed by atoms with Crippen LogP contribution in [0.4, 0.5) is 5.69 Å². The largest absolute Gasteiger partial charge is 0.481 e. The van der Waals surface area contributed by atoms with Gasteiger partial charge in [-0.25, -0.2) is 0 Å². The van der Waals surface area contributed by atoms with E-state index in [2.05, 4.69) is 11.0 Å². The lowest BCUT2D eigenvalue weighted by Crippen LogP contribution is -2.33. The zero-order chi connectivity index (χ0) is 14.3. The van der Waals surface area contributed by atoms with E-state index in [1.54, 1.807) is 11.8 Å². The summed E-state index contributed by atoms with van der Waals surface area (Å²) in [7, 11) is 0. The molecule has 0 aromatic heterocycles. The maximum Gasteiger partial charge on any atom is 0.308 e. The lowest BCUT2D eigenvalue weighted by Gasteiger charge is -2.27. The molecule has 1 N–H and O–H groups in total. The van der Waals surface area contributed by atoms with Crippen molar-refractivity contribution in [2.75, 3.05) is 11.2 Å². The molecule has 0 saturated carbocycles. The Kier molecular flexibility index (Phi) is 3.35. The van der Waals surface area contributed by atoms with E-state index in [4.69, 9.17) is 0 Å². The summed E-state index contributed by atoms with van der Waals surface area (Å²) in [5.41, 5.74) is 1.60. The van der Waals surface area contributed by atoms with Crippen LogP contribution in [-0.2, 0) is 4.79 Å². The summed E-state index contributed by atoms with van der Waals surface area (Å²) >= 11 is 1.56. The Hall–Kier alpha value is -1.67. The molecular weight excluding hydrogens is 272 g/mol. The van der Waals surface area contributed by atoms with Crippen LogP contribution in [-0.4, -0.2) is 29.4 Å². The lowest BCUT2D eigenvalue weighted by atomic mass is 9.89. The number of aliphatic carboxylic acids is 1. The number of carboxylic acids is 1. The summed E-state index contributed by atoms with van der Waals surface area (Å²) in [4.78, 5) is 14.5. The molecule has 2 aliphatic heterocycles. The van der Waals surface area contributed by atoms with Crippen LogP contribution in [0.25, 0.3) is 0 Å². The molecular formula is C15H16N2O2S. The van der Waals surface area contributed by atoms with Gasteiger partial charge in [-0.15, -0.1) is 11.8 Å². The molecule has 0 amide bonds. The first kappa shape index (κ1) is 13.3. The molecule has 2 bridgehead atoms. The number of benzene rings is 1. The van der Waals surface area contributed by atoms with Gasteiger partial charge in [-0.2, -0.15) is 5.26 Å². The third kappa shape index (κ3) is 1.87. The lowest BCUT2D eigenvalue weighted by molar-refractivity contribution is -0.142. The fraction of sp³-hybridized carbons (Fsp3) is 0.467. The quantitative estimate of drug-likeness (QED) is 0.866. The monoisotopic (exact) mass is 288 g/mol. The zero-order valence-corrected chi connectivity index (χ0v) is 12.1. The average molecular weight is 288 g/mol. The average Bonchev–Trinajstić information content (AvgIpc) is 3.03. The van der Waals surface area contributed by atoms with E-state index in [0.29, 0.717) is 12.0 Å². The number of thioether (sulfide) groups is 1. The number of carbonyl (C=O) groups is 1. The van der Waals surface area contributed by atoms with Crippen LogP contribution < -0.4 is 4.90 Å². The summed E-state index contributed by atoms with van der Waals surface area (Å²) in [5, 5.41) is 18.8. The Morgan fingerprint density at radius 1 is 1.50 bits per heavy atom. The Labute approximate surface area is 122 Å². The Morgan fingerprint density at radius 3 is 2.90 bits per heavy atom. The zero-order valence-electron chi connectivity index (χ0n) is 11.2. The van der Waals surface area contributed by atoms with Gasteiger partial charge in [-0.3, -0.25) is 4.79 Å².